The third-order valence-corrected chi connectivity index (χ3v) is 6.83. The van der Waals surface area contributed by atoms with E-state index in [2.05, 4.69) is 20.0 Å². The van der Waals surface area contributed by atoms with Crippen LogP contribution in [0, 0.1) is 11.8 Å². The van der Waals surface area contributed by atoms with Gasteiger partial charge in [-0.25, -0.2) is 0 Å². The van der Waals surface area contributed by atoms with E-state index < -0.39 is 8.32 Å². The molecule has 3 nitrogen and oxygen atoms in total. The number of amides is 1. The van der Waals surface area contributed by atoms with Crippen LogP contribution in [0.2, 0.25) is 19.1 Å². The van der Waals surface area contributed by atoms with Crippen LogP contribution in [-0.2, 0) is 9.22 Å². The van der Waals surface area contributed by atoms with E-state index in [1.54, 1.807) is 0 Å². The van der Waals surface area contributed by atoms with Gasteiger partial charge >= 0.3 is 0 Å². The number of fused-ring (bicyclic) bond motifs is 1. The normalized spacial score (nSPS) is 30.3. The molecule has 0 aromatic rings. The maximum atomic E-state index is 12.0. The highest BCUT2D eigenvalue weighted by molar-refractivity contribution is 6.71. The number of hydrogen-bond donors (Lipinski definition) is 0. The summed E-state index contributed by atoms with van der Waals surface area (Å²) in [5.41, 5.74) is 0. The molecule has 0 spiro atoms. The third-order valence-electron chi connectivity index (χ3n) is 4.29. The maximum Gasteiger partial charge on any atom is 0.232 e. The summed E-state index contributed by atoms with van der Waals surface area (Å²) in [6, 6.07) is 1.44. The van der Waals surface area contributed by atoms with Gasteiger partial charge in [0.05, 0.1) is 12.0 Å². The van der Waals surface area contributed by atoms with E-state index in [0.29, 0.717) is 13.5 Å². The van der Waals surface area contributed by atoms with Crippen LogP contribution < -0.4 is 0 Å². The van der Waals surface area contributed by atoms with Gasteiger partial charge in [-0.05, 0) is 31.5 Å². The van der Waals surface area contributed by atoms with Crippen molar-refractivity contribution in [2.75, 3.05) is 6.61 Å². The minimum atomic E-state index is -1.54. The fraction of sp³-hybridized carbons (Fsp3) is 0.800. The van der Waals surface area contributed by atoms with Crippen molar-refractivity contribution < 1.29 is 10.6 Å². The van der Waals surface area contributed by atoms with Gasteiger partial charge in [-0.15, -0.1) is 0 Å². The van der Waals surface area contributed by atoms with Crippen molar-refractivity contribution in [2.24, 2.45) is 11.8 Å². The zero-order valence-electron chi connectivity index (χ0n) is 13.4. The standard InChI is InChI=1S/C15H27NO2Si/c1-5-6-11-19(3,4)18-10-8-13-14-12(2)7-9-16(14)15(13)17/h7,9,12-14H,5-6,8,10-11H2,1-4H3/i2T. The van der Waals surface area contributed by atoms with Crippen molar-refractivity contribution in [3.8, 4) is 0 Å². The van der Waals surface area contributed by atoms with Crippen molar-refractivity contribution in [1.29, 1.82) is 0 Å². The zero-order chi connectivity index (χ0) is 14.8. The van der Waals surface area contributed by atoms with Gasteiger partial charge in [-0.2, -0.15) is 0 Å². The number of unbranched alkanes of at least 4 members (excludes halogenated alkanes) is 1. The molecule has 0 aromatic heterocycles. The van der Waals surface area contributed by atoms with Crippen LogP contribution in [0.5, 0.6) is 0 Å². The molecule has 3 atom stereocenters. The first kappa shape index (κ1) is 13.4. The summed E-state index contributed by atoms with van der Waals surface area (Å²) in [6.07, 6.45) is 7.15. The summed E-state index contributed by atoms with van der Waals surface area (Å²) < 4.78 is 13.7. The summed E-state index contributed by atoms with van der Waals surface area (Å²) in [4.78, 5) is 13.8. The lowest BCUT2D eigenvalue weighted by molar-refractivity contribution is -0.152. The first-order valence-electron chi connectivity index (χ1n) is 8.14. The molecule has 2 rings (SSSR count). The summed E-state index contributed by atoms with van der Waals surface area (Å²) in [6.45, 7) is 7.82. The number of nitrogens with zero attached hydrogens (tertiary/aromatic N) is 1. The Morgan fingerprint density at radius 2 is 2.32 bits per heavy atom. The zero-order valence-corrected chi connectivity index (χ0v) is 13.4. The van der Waals surface area contributed by atoms with Crippen LogP contribution in [-0.4, -0.2) is 31.8 Å². The Hall–Kier alpha value is -0.613. The van der Waals surface area contributed by atoms with E-state index in [1.807, 2.05) is 17.2 Å². The minimum Gasteiger partial charge on any atom is -0.417 e. The summed E-state index contributed by atoms with van der Waals surface area (Å²) >= 11 is 0. The topological polar surface area (TPSA) is 29.5 Å². The molecule has 19 heavy (non-hydrogen) atoms. The Morgan fingerprint density at radius 3 is 3.00 bits per heavy atom. The molecule has 1 fully saturated rings. The molecule has 0 aromatic carbocycles. The Morgan fingerprint density at radius 1 is 1.53 bits per heavy atom. The fourth-order valence-corrected chi connectivity index (χ4v) is 5.04. The molecule has 0 N–H and O–H groups in total. The highest BCUT2D eigenvalue weighted by Gasteiger charge is 2.50. The van der Waals surface area contributed by atoms with Gasteiger partial charge in [0.25, 0.3) is 0 Å². The van der Waals surface area contributed by atoms with Crippen LogP contribution in [0.3, 0.4) is 0 Å². The van der Waals surface area contributed by atoms with Gasteiger partial charge in [0.1, 0.15) is 0 Å². The quantitative estimate of drug-likeness (QED) is 0.529. The van der Waals surface area contributed by atoms with Crippen LogP contribution in [0.15, 0.2) is 12.3 Å². The maximum absolute atomic E-state index is 12.0. The number of carbonyl (C=O) groups is 1. The van der Waals surface area contributed by atoms with Gasteiger partial charge in [-0.1, -0.05) is 32.7 Å². The highest BCUT2D eigenvalue weighted by atomic mass is 28.4. The molecule has 1 amide bonds. The molecule has 2 aliphatic heterocycles. The van der Waals surface area contributed by atoms with Crippen molar-refractivity contribution in [3.63, 3.8) is 0 Å². The average Bonchev–Trinajstić information content (AvgIpc) is 2.80. The predicted molar refractivity (Wildman–Crippen MR) is 80.2 cm³/mol. The largest absolute Gasteiger partial charge is 0.417 e. The molecule has 0 aliphatic carbocycles. The Kier molecular flexibility index (Phi) is 4.08. The Labute approximate surface area is 119 Å². The summed E-state index contributed by atoms with van der Waals surface area (Å²) in [5, 5.41) is 0. The van der Waals surface area contributed by atoms with Gasteiger partial charge in [0.15, 0.2) is 8.32 Å². The van der Waals surface area contributed by atoms with Crippen LogP contribution >= 0.6 is 0 Å². The van der Waals surface area contributed by atoms with E-state index in [1.165, 1.54) is 18.9 Å². The number of β-lactam (4-membered cyclic amide) rings is 1. The molecule has 0 bridgehead atoms. The molecule has 4 heteroatoms. The van der Waals surface area contributed by atoms with Crippen LogP contribution in [0.1, 0.15) is 34.5 Å². The lowest BCUT2D eigenvalue weighted by Crippen LogP contribution is -2.58. The second-order valence-electron chi connectivity index (χ2n) is 6.35. The minimum absolute atomic E-state index is 0.0799. The van der Waals surface area contributed by atoms with E-state index >= 15 is 0 Å². The summed E-state index contributed by atoms with van der Waals surface area (Å²) in [7, 11) is -1.54. The van der Waals surface area contributed by atoms with E-state index in [-0.39, 0.29) is 23.8 Å². The van der Waals surface area contributed by atoms with Crippen molar-refractivity contribution >= 4 is 14.2 Å². The number of rotatable bonds is 7. The molecule has 0 saturated carbocycles. The monoisotopic (exact) mass is 283 g/mol. The molecule has 0 radical (unpaired) electrons. The van der Waals surface area contributed by atoms with Crippen LogP contribution in [0.25, 0.3) is 0 Å². The average molecular weight is 283 g/mol. The van der Waals surface area contributed by atoms with E-state index in [9.17, 15) is 4.79 Å². The predicted octanol–water partition coefficient (Wildman–Crippen LogP) is 3.39. The Balaban J connectivity index is 1.76. The van der Waals surface area contributed by atoms with Gasteiger partial charge < -0.3 is 9.33 Å². The lowest BCUT2D eigenvalue weighted by Gasteiger charge is -2.44. The fourth-order valence-electron chi connectivity index (χ4n) is 3.02. The first-order valence-corrected chi connectivity index (χ1v) is 10.6. The number of hydrogen-bond acceptors (Lipinski definition) is 2. The second-order valence-corrected chi connectivity index (χ2v) is 10.7. The molecule has 1 saturated heterocycles. The van der Waals surface area contributed by atoms with E-state index in [0.717, 1.165) is 6.42 Å². The van der Waals surface area contributed by atoms with Gasteiger partial charge in [-0.3, -0.25) is 4.79 Å². The van der Waals surface area contributed by atoms with Crippen molar-refractivity contribution in [2.45, 2.75) is 58.3 Å². The van der Waals surface area contributed by atoms with E-state index in [4.69, 9.17) is 5.80 Å². The molecule has 2 heterocycles. The van der Waals surface area contributed by atoms with Crippen molar-refractivity contribution in [3.05, 3.63) is 12.3 Å². The highest BCUT2D eigenvalue weighted by Crippen LogP contribution is 2.39. The third kappa shape index (κ3) is 3.11. The van der Waals surface area contributed by atoms with Crippen molar-refractivity contribution in [1.82, 2.24) is 4.90 Å². The molecule has 3 unspecified atom stereocenters. The molecule has 2 aliphatic rings. The van der Waals surface area contributed by atoms with Gasteiger partial charge in [0.2, 0.25) is 5.91 Å². The Bertz CT molecular complexity index is 386. The number of carbonyl (C=O) groups excluding carboxylic acids is 1. The molecular weight excluding hydrogens is 254 g/mol. The summed E-state index contributed by atoms with van der Waals surface area (Å²) in [5.74, 6) is 0.526. The smallest absolute Gasteiger partial charge is 0.232 e. The SMILES string of the molecule is [3H]CC1C=CN2C(=O)C(CCO[Si](C)(C)CCCC)C12. The van der Waals surface area contributed by atoms with Crippen LogP contribution in [0.4, 0.5) is 0 Å². The second kappa shape index (κ2) is 5.79. The molecule has 108 valence electrons. The lowest BCUT2D eigenvalue weighted by atomic mass is 9.81. The van der Waals surface area contributed by atoms with Gasteiger partial charge in [0, 0.05) is 14.2 Å². The molecular formula is C15H27NO2Si. The first-order chi connectivity index (χ1) is 9.50.